The number of aromatic nitrogens is 1. The van der Waals surface area contributed by atoms with Crippen LogP contribution in [-0.4, -0.2) is 16.1 Å². The fourth-order valence-electron chi connectivity index (χ4n) is 2.15. The van der Waals surface area contributed by atoms with Gasteiger partial charge in [-0.1, -0.05) is 6.07 Å². The van der Waals surface area contributed by atoms with Crippen molar-refractivity contribution in [1.29, 1.82) is 0 Å². The van der Waals surface area contributed by atoms with Gasteiger partial charge >= 0.3 is 5.97 Å². The lowest BCUT2D eigenvalue weighted by atomic mass is 10.0. The van der Waals surface area contributed by atoms with Gasteiger partial charge in [0.1, 0.15) is 11.3 Å². The summed E-state index contributed by atoms with van der Waals surface area (Å²) >= 11 is 1.44. The lowest BCUT2D eigenvalue weighted by Crippen LogP contribution is -2.01. The summed E-state index contributed by atoms with van der Waals surface area (Å²) in [5.41, 5.74) is 1.32. The Balaban J connectivity index is 2.40. The predicted molar refractivity (Wildman–Crippen MR) is 76.7 cm³/mol. The number of pyridine rings is 1. The third-order valence-corrected chi connectivity index (χ3v) is 3.91. The summed E-state index contributed by atoms with van der Waals surface area (Å²) in [6.07, 6.45) is 0. The third kappa shape index (κ3) is 2.06. The van der Waals surface area contributed by atoms with Crippen LogP contribution in [0.25, 0.3) is 21.5 Å². The Morgan fingerprint density at radius 3 is 2.80 bits per heavy atom. The van der Waals surface area contributed by atoms with Crippen molar-refractivity contribution in [3.05, 3.63) is 52.7 Å². The van der Waals surface area contributed by atoms with Gasteiger partial charge in [-0.05, 0) is 42.1 Å². The van der Waals surface area contributed by atoms with Crippen molar-refractivity contribution in [2.24, 2.45) is 0 Å². The van der Waals surface area contributed by atoms with Crippen LogP contribution in [-0.2, 0) is 0 Å². The average Bonchev–Trinajstić information content (AvgIpc) is 2.91. The van der Waals surface area contributed by atoms with Crippen LogP contribution in [0.15, 0.2) is 35.7 Å². The van der Waals surface area contributed by atoms with E-state index < -0.39 is 11.8 Å². The number of thiophene rings is 1. The van der Waals surface area contributed by atoms with Gasteiger partial charge in [0.25, 0.3) is 0 Å². The number of nitrogens with zero attached hydrogens (tertiary/aromatic N) is 1. The largest absolute Gasteiger partial charge is 0.478 e. The Kier molecular flexibility index (Phi) is 2.99. The molecule has 0 bridgehead atoms. The van der Waals surface area contributed by atoms with Crippen molar-refractivity contribution in [2.45, 2.75) is 6.92 Å². The van der Waals surface area contributed by atoms with Gasteiger partial charge in [0.2, 0.25) is 0 Å². The monoisotopic (exact) mass is 287 g/mol. The van der Waals surface area contributed by atoms with E-state index in [0.29, 0.717) is 16.6 Å². The Labute approximate surface area is 118 Å². The molecule has 0 amide bonds. The number of hydrogen-bond acceptors (Lipinski definition) is 3. The Hall–Kier alpha value is -2.27. The molecule has 0 radical (unpaired) electrons. The van der Waals surface area contributed by atoms with E-state index in [2.05, 4.69) is 4.98 Å². The quantitative estimate of drug-likeness (QED) is 0.771. The summed E-state index contributed by atoms with van der Waals surface area (Å²) in [6.45, 7) is 1.72. The second kappa shape index (κ2) is 4.68. The molecule has 1 aromatic carbocycles. The number of benzene rings is 1. The summed E-state index contributed by atoms with van der Waals surface area (Å²) in [5.74, 6) is -1.58. The summed E-state index contributed by atoms with van der Waals surface area (Å²) in [7, 11) is 0. The van der Waals surface area contributed by atoms with Gasteiger partial charge in [0.15, 0.2) is 0 Å². The molecule has 0 saturated heterocycles. The molecule has 0 aliphatic rings. The van der Waals surface area contributed by atoms with Crippen molar-refractivity contribution < 1.29 is 14.3 Å². The maximum Gasteiger partial charge on any atom is 0.336 e. The molecule has 0 aliphatic carbocycles. The van der Waals surface area contributed by atoms with Crippen LogP contribution in [0.4, 0.5) is 4.39 Å². The molecule has 0 unspecified atom stereocenters. The molecule has 3 rings (SSSR count). The number of fused-ring (bicyclic) bond motifs is 1. The fraction of sp³-hybridized carbons (Fsp3) is 0.0667. The van der Waals surface area contributed by atoms with Gasteiger partial charge in [-0.3, -0.25) is 0 Å². The lowest BCUT2D eigenvalue weighted by Gasteiger charge is -2.07. The summed E-state index contributed by atoms with van der Waals surface area (Å²) < 4.78 is 14.1. The van der Waals surface area contributed by atoms with Crippen LogP contribution in [0.5, 0.6) is 0 Å². The maximum atomic E-state index is 14.1. The molecule has 0 spiro atoms. The van der Waals surface area contributed by atoms with Crippen molar-refractivity contribution in [1.82, 2.24) is 4.98 Å². The normalized spacial score (nSPS) is 10.9. The Morgan fingerprint density at radius 2 is 2.15 bits per heavy atom. The first-order valence-electron chi connectivity index (χ1n) is 5.94. The number of aromatic carboxylic acids is 1. The number of hydrogen-bond donors (Lipinski definition) is 1. The Bertz CT molecular complexity index is 812. The number of carbonyl (C=O) groups is 1. The predicted octanol–water partition coefficient (Wildman–Crippen LogP) is 4.11. The molecule has 0 saturated carbocycles. The number of rotatable bonds is 2. The number of carboxylic acid groups (broad SMARTS) is 1. The van der Waals surface area contributed by atoms with Crippen LogP contribution in [0.1, 0.15) is 15.9 Å². The molecule has 0 fully saturated rings. The van der Waals surface area contributed by atoms with Crippen molar-refractivity contribution in [2.75, 3.05) is 0 Å². The first-order valence-corrected chi connectivity index (χ1v) is 6.82. The maximum absolute atomic E-state index is 14.1. The molecule has 3 aromatic rings. The molecule has 1 N–H and O–H groups in total. The highest BCUT2D eigenvalue weighted by Gasteiger charge is 2.16. The van der Waals surface area contributed by atoms with E-state index in [1.165, 1.54) is 23.5 Å². The standard InChI is InChI=1S/C15H10FNO2S/c1-8-5-9-10(15(18)19)7-12(13-3-2-4-20-13)17-14(9)11(16)6-8/h2-7H,1H3,(H,18,19). The van der Waals surface area contributed by atoms with Crippen molar-refractivity contribution in [3.8, 4) is 10.6 Å². The molecule has 2 heterocycles. The van der Waals surface area contributed by atoms with Gasteiger partial charge in [-0.15, -0.1) is 11.3 Å². The van der Waals surface area contributed by atoms with E-state index in [-0.39, 0.29) is 11.1 Å². The third-order valence-electron chi connectivity index (χ3n) is 3.02. The van der Waals surface area contributed by atoms with Crippen LogP contribution >= 0.6 is 11.3 Å². The Morgan fingerprint density at radius 1 is 1.35 bits per heavy atom. The highest BCUT2D eigenvalue weighted by atomic mass is 32.1. The molecule has 5 heteroatoms. The molecule has 0 atom stereocenters. The second-order valence-corrected chi connectivity index (χ2v) is 5.43. The van der Waals surface area contributed by atoms with E-state index >= 15 is 0 Å². The minimum absolute atomic E-state index is 0.0704. The first kappa shape index (κ1) is 12.7. The average molecular weight is 287 g/mol. The van der Waals surface area contributed by atoms with Crippen LogP contribution in [0.3, 0.4) is 0 Å². The van der Waals surface area contributed by atoms with E-state index in [9.17, 15) is 14.3 Å². The zero-order valence-corrected chi connectivity index (χ0v) is 11.4. The zero-order valence-electron chi connectivity index (χ0n) is 10.6. The highest BCUT2D eigenvalue weighted by Crippen LogP contribution is 2.29. The van der Waals surface area contributed by atoms with Crippen LogP contribution < -0.4 is 0 Å². The van der Waals surface area contributed by atoms with Gasteiger partial charge in [0, 0.05) is 5.39 Å². The summed E-state index contributed by atoms with van der Waals surface area (Å²) in [6, 6.07) is 8.18. The summed E-state index contributed by atoms with van der Waals surface area (Å²) in [4.78, 5) is 16.5. The van der Waals surface area contributed by atoms with E-state index in [1.807, 2.05) is 17.5 Å². The van der Waals surface area contributed by atoms with E-state index in [1.54, 1.807) is 13.0 Å². The zero-order chi connectivity index (χ0) is 14.3. The van der Waals surface area contributed by atoms with Crippen molar-refractivity contribution >= 4 is 28.2 Å². The molecule has 20 heavy (non-hydrogen) atoms. The smallest absolute Gasteiger partial charge is 0.336 e. The molecule has 0 aliphatic heterocycles. The summed E-state index contributed by atoms with van der Waals surface area (Å²) in [5, 5.41) is 11.5. The van der Waals surface area contributed by atoms with Gasteiger partial charge in [0.05, 0.1) is 16.1 Å². The van der Waals surface area contributed by atoms with Gasteiger partial charge in [-0.25, -0.2) is 14.2 Å². The second-order valence-electron chi connectivity index (χ2n) is 4.48. The minimum atomic E-state index is -1.08. The molecule has 100 valence electrons. The van der Waals surface area contributed by atoms with Gasteiger partial charge < -0.3 is 5.11 Å². The molecule has 2 aromatic heterocycles. The lowest BCUT2D eigenvalue weighted by molar-refractivity contribution is 0.0699. The fourth-order valence-corrected chi connectivity index (χ4v) is 2.83. The highest BCUT2D eigenvalue weighted by molar-refractivity contribution is 7.13. The molecular formula is C15H10FNO2S. The van der Waals surface area contributed by atoms with Gasteiger partial charge in [-0.2, -0.15) is 0 Å². The van der Waals surface area contributed by atoms with E-state index in [0.717, 1.165) is 4.88 Å². The van der Waals surface area contributed by atoms with E-state index in [4.69, 9.17) is 0 Å². The topological polar surface area (TPSA) is 50.2 Å². The van der Waals surface area contributed by atoms with Crippen LogP contribution in [0.2, 0.25) is 0 Å². The number of halogens is 1. The SMILES string of the molecule is Cc1cc(F)c2nc(-c3cccs3)cc(C(=O)O)c2c1. The van der Waals surface area contributed by atoms with Crippen LogP contribution in [0, 0.1) is 12.7 Å². The number of aryl methyl sites for hydroxylation is 1. The molecule has 3 nitrogen and oxygen atoms in total. The van der Waals surface area contributed by atoms with Crippen molar-refractivity contribution in [3.63, 3.8) is 0 Å². The minimum Gasteiger partial charge on any atom is -0.478 e. The molecular weight excluding hydrogens is 277 g/mol. The number of carboxylic acids is 1. The first-order chi connectivity index (χ1) is 9.56.